The third kappa shape index (κ3) is 6.25. The van der Waals surface area contributed by atoms with Gasteiger partial charge in [0.05, 0.1) is 11.5 Å². The minimum atomic E-state index is -3.53. The van der Waals surface area contributed by atoms with Gasteiger partial charge >= 0.3 is 0 Å². The lowest BCUT2D eigenvalue weighted by atomic mass is 9.97. The molecule has 0 amide bonds. The summed E-state index contributed by atoms with van der Waals surface area (Å²) in [6.07, 6.45) is 4.13. The minimum absolute atomic E-state index is 0.317. The Kier molecular flexibility index (Phi) is 8.44. The van der Waals surface area contributed by atoms with Crippen molar-refractivity contribution in [3.63, 3.8) is 0 Å². The standard InChI is InChI=1S/C24H34N2O3S2/c1-5-29-24-18(2)14-22(15-19(24)3)31(27,28)25-16-20-10-12-26(13-11-20)17-21-8-6-7-9-23(21)30-4/h6-9,14-15,20,25H,5,10-13,16-17H2,1-4H3. The summed E-state index contributed by atoms with van der Waals surface area (Å²) in [7, 11) is -3.53. The average molecular weight is 463 g/mol. The number of thioether (sulfide) groups is 1. The van der Waals surface area contributed by atoms with Gasteiger partial charge in [0.2, 0.25) is 10.0 Å². The molecule has 31 heavy (non-hydrogen) atoms. The molecular weight excluding hydrogens is 428 g/mol. The Labute approximate surface area is 191 Å². The van der Waals surface area contributed by atoms with Crippen LogP contribution in [0.5, 0.6) is 5.75 Å². The SMILES string of the molecule is CCOc1c(C)cc(S(=O)(=O)NCC2CCN(Cc3ccccc3SC)CC2)cc1C. The number of hydrogen-bond acceptors (Lipinski definition) is 5. The highest BCUT2D eigenvalue weighted by Gasteiger charge is 2.23. The Morgan fingerprint density at radius 2 is 1.77 bits per heavy atom. The van der Waals surface area contributed by atoms with Crippen LogP contribution in [-0.2, 0) is 16.6 Å². The zero-order valence-electron chi connectivity index (χ0n) is 19.0. The van der Waals surface area contributed by atoms with Crippen molar-refractivity contribution in [3.8, 4) is 5.75 Å². The van der Waals surface area contributed by atoms with Crippen LogP contribution in [0.15, 0.2) is 46.2 Å². The topological polar surface area (TPSA) is 58.6 Å². The van der Waals surface area contributed by atoms with E-state index in [0.717, 1.165) is 49.4 Å². The maximum atomic E-state index is 12.9. The molecule has 170 valence electrons. The van der Waals surface area contributed by atoms with Crippen molar-refractivity contribution in [1.29, 1.82) is 0 Å². The van der Waals surface area contributed by atoms with E-state index in [1.165, 1.54) is 10.5 Å². The van der Waals surface area contributed by atoms with Crippen LogP contribution in [0.1, 0.15) is 36.5 Å². The van der Waals surface area contributed by atoms with Crippen LogP contribution in [0, 0.1) is 19.8 Å². The number of ether oxygens (including phenoxy) is 1. The van der Waals surface area contributed by atoms with Gasteiger partial charge < -0.3 is 4.74 Å². The first-order chi connectivity index (χ1) is 14.8. The van der Waals surface area contributed by atoms with Crippen molar-refractivity contribution in [2.24, 2.45) is 5.92 Å². The van der Waals surface area contributed by atoms with Crippen LogP contribution in [-0.4, -0.2) is 45.8 Å². The second-order valence-corrected chi connectivity index (χ2v) is 10.8. The number of aryl methyl sites for hydroxylation is 2. The number of benzene rings is 2. The molecule has 7 heteroatoms. The van der Waals surface area contributed by atoms with Gasteiger partial charge in [-0.2, -0.15) is 0 Å². The van der Waals surface area contributed by atoms with Gasteiger partial charge in [0.15, 0.2) is 0 Å². The summed E-state index contributed by atoms with van der Waals surface area (Å²) < 4.78 is 34.2. The zero-order valence-corrected chi connectivity index (χ0v) is 20.6. The van der Waals surface area contributed by atoms with E-state index in [0.29, 0.717) is 24.0 Å². The normalized spacial score (nSPS) is 15.9. The summed E-state index contributed by atoms with van der Waals surface area (Å²) in [4.78, 5) is 4.12. The molecule has 1 aliphatic heterocycles. The summed E-state index contributed by atoms with van der Waals surface area (Å²) >= 11 is 1.79. The Bertz CT molecular complexity index is 961. The summed E-state index contributed by atoms with van der Waals surface area (Å²) in [5, 5.41) is 0. The first-order valence-corrected chi connectivity index (χ1v) is 13.6. The van der Waals surface area contributed by atoms with Gasteiger partial charge in [0.25, 0.3) is 0 Å². The Morgan fingerprint density at radius 3 is 2.39 bits per heavy atom. The quantitative estimate of drug-likeness (QED) is 0.551. The molecule has 3 rings (SSSR count). The summed E-state index contributed by atoms with van der Waals surface area (Å²) in [6.45, 7) is 9.71. The average Bonchev–Trinajstić information content (AvgIpc) is 2.76. The molecule has 0 spiro atoms. The Morgan fingerprint density at radius 1 is 1.13 bits per heavy atom. The number of likely N-dealkylation sites (tertiary alicyclic amines) is 1. The maximum Gasteiger partial charge on any atom is 0.240 e. The van der Waals surface area contributed by atoms with Crippen LogP contribution in [0.25, 0.3) is 0 Å². The Balaban J connectivity index is 1.54. The molecular formula is C24H34N2O3S2. The van der Waals surface area contributed by atoms with Crippen molar-refractivity contribution >= 4 is 21.8 Å². The first kappa shape index (κ1) is 24.1. The fraction of sp³-hybridized carbons (Fsp3) is 0.500. The van der Waals surface area contributed by atoms with E-state index >= 15 is 0 Å². The highest BCUT2D eigenvalue weighted by Crippen LogP contribution is 2.28. The van der Waals surface area contributed by atoms with Gasteiger partial charge in [0.1, 0.15) is 5.75 Å². The molecule has 1 N–H and O–H groups in total. The third-order valence-corrected chi connectivity index (χ3v) is 8.13. The molecule has 0 unspecified atom stereocenters. The predicted molar refractivity (Wildman–Crippen MR) is 128 cm³/mol. The Hall–Kier alpha value is -1.54. The molecule has 0 saturated carbocycles. The van der Waals surface area contributed by atoms with Crippen molar-refractivity contribution < 1.29 is 13.2 Å². The molecule has 1 fully saturated rings. The minimum Gasteiger partial charge on any atom is -0.493 e. The summed E-state index contributed by atoms with van der Waals surface area (Å²) in [5.74, 6) is 1.14. The molecule has 0 atom stereocenters. The molecule has 2 aromatic carbocycles. The lowest BCUT2D eigenvalue weighted by Crippen LogP contribution is -2.38. The molecule has 0 aliphatic carbocycles. The van der Waals surface area contributed by atoms with Crippen molar-refractivity contribution in [1.82, 2.24) is 9.62 Å². The summed E-state index contributed by atoms with van der Waals surface area (Å²) in [5.41, 5.74) is 3.07. The second kappa shape index (κ2) is 10.9. The number of hydrogen-bond donors (Lipinski definition) is 1. The predicted octanol–water partition coefficient (Wildman–Crippen LogP) is 4.61. The smallest absolute Gasteiger partial charge is 0.240 e. The van der Waals surface area contributed by atoms with E-state index in [2.05, 4.69) is 40.1 Å². The second-order valence-electron chi connectivity index (χ2n) is 8.20. The van der Waals surface area contributed by atoms with Crippen LogP contribution in [0.3, 0.4) is 0 Å². The van der Waals surface area contributed by atoms with Crippen LogP contribution < -0.4 is 9.46 Å². The van der Waals surface area contributed by atoms with E-state index in [1.54, 1.807) is 23.9 Å². The van der Waals surface area contributed by atoms with Gasteiger partial charge in [-0.1, -0.05) is 18.2 Å². The fourth-order valence-corrected chi connectivity index (χ4v) is 6.07. The highest BCUT2D eigenvalue weighted by atomic mass is 32.2. The number of sulfonamides is 1. The van der Waals surface area contributed by atoms with Gasteiger partial charge in [-0.15, -0.1) is 11.8 Å². The largest absolute Gasteiger partial charge is 0.493 e. The molecule has 0 bridgehead atoms. The van der Waals surface area contributed by atoms with E-state index < -0.39 is 10.0 Å². The van der Waals surface area contributed by atoms with E-state index in [-0.39, 0.29) is 0 Å². The lowest BCUT2D eigenvalue weighted by Gasteiger charge is -2.32. The molecule has 2 aromatic rings. The molecule has 1 aliphatic rings. The molecule has 5 nitrogen and oxygen atoms in total. The van der Waals surface area contributed by atoms with Gasteiger partial charge in [0, 0.05) is 18.0 Å². The highest BCUT2D eigenvalue weighted by molar-refractivity contribution is 7.98. The van der Waals surface area contributed by atoms with E-state index in [4.69, 9.17) is 4.74 Å². The third-order valence-electron chi connectivity index (χ3n) is 5.89. The zero-order chi connectivity index (χ0) is 22.4. The van der Waals surface area contributed by atoms with Crippen LogP contribution in [0.4, 0.5) is 0 Å². The van der Waals surface area contributed by atoms with E-state index in [1.807, 2.05) is 20.8 Å². The van der Waals surface area contributed by atoms with Crippen molar-refractivity contribution in [2.75, 3.05) is 32.5 Å². The first-order valence-electron chi connectivity index (χ1n) is 10.9. The molecule has 0 radical (unpaired) electrons. The molecule has 0 aromatic heterocycles. The van der Waals surface area contributed by atoms with Gasteiger partial charge in [-0.25, -0.2) is 13.1 Å². The molecule has 1 saturated heterocycles. The number of rotatable bonds is 9. The number of nitrogens with zero attached hydrogens (tertiary/aromatic N) is 1. The van der Waals surface area contributed by atoms with E-state index in [9.17, 15) is 8.42 Å². The van der Waals surface area contributed by atoms with Gasteiger partial charge in [-0.05, 0) is 93.8 Å². The maximum absolute atomic E-state index is 12.9. The van der Waals surface area contributed by atoms with Crippen LogP contribution >= 0.6 is 11.8 Å². The van der Waals surface area contributed by atoms with Crippen LogP contribution in [0.2, 0.25) is 0 Å². The fourth-order valence-electron chi connectivity index (χ4n) is 4.17. The summed E-state index contributed by atoms with van der Waals surface area (Å²) in [6, 6.07) is 12.0. The van der Waals surface area contributed by atoms with Crippen molar-refractivity contribution in [2.45, 2.75) is 49.9 Å². The van der Waals surface area contributed by atoms with Gasteiger partial charge in [-0.3, -0.25) is 4.90 Å². The number of piperidine rings is 1. The number of nitrogens with one attached hydrogen (secondary N) is 1. The molecule has 1 heterocycles. The lowest BCUT2D eigenvalue weighted by molar-refractivity contribution is 0.177. The van der Waals surface area contributed by atoms with Crippen molar-refractivity contribution in [3.05, 3.63) is 53.1 Å². The monoisotopic (exact) mass is 462 g/mol.